The molecule has 0 radical (unpaired) electrons. The van der Waals surface area contributed by atoms with Crippen molar-refractivity contribution in [3.05, 3.63) is 33.8 Å². The Morgan fingerprint density at radius 2 is 1.80 bits per heavy atom. The van der Waals surface area contributed by atoms with Crippen LogP contribution in [-0.2, 0) is 11.3 Å². The van der Waals surface area contributed by atoms with Gasteiger partial charge in [-0.25, -0.2) is 0 Å². The summed E-state index contributed by atoms with van der Waals surface area (Å²) in [5.41, 5.74) is 0.987. The number of amides is 1. The molecule has 1 N–H and O–H groups in total. The van der Waals surface area contributed by atoms with E-state index in [2.05, 4.69) is 5.32 Å². The molecule has 1 heterocycles. The maximum atomic E-state index is 12.3. The van der Waals surface area contributed by atoms with Crippen LogP contribution in [0.2, 0.25) is 10.0 Å². The zero-order valence-corrected chi connectivity index (χ0v) is 13.2. The predicted octanol–water partition coefficient (Wildman–Crippen LogP) is 3.48. The van der Waals surface area contributed by atoms with Crippen molar-refractivity contribution in [2.75, 3.05) is 13.1 Å². The average molecular weight is 315 g/mol. The lowest BCUT2D eigenvalue weighted by Crippen LogP contribution is -2.46. The predicted molar refractivity (Wildman–Crippen MR) is 83.2 cm³/mol. The Labute approximate surface area is 130 Å². The number of piperidine rings is 1. The van der Waals surface area contributed by atoms with Gasteiger partial charge in [0.25, 0.3) is 0 Å². The Morgan fingerprint density at radius 3 is 2.40 bits per heavy atom. The summed E-state index contributed by atoms with van der Waals surface area (Å²) in [4.78, 5) is 14.2. The molecule has 3 nitrogen and oxygen atoms in total. The van der Waals surface area contributed by atoms with E-state index in [0.29, 0.717) is 16.6 Å². The Kier molecular flexibility index (Phi) is 5.70. The lowest BCUT2D eigenvalue weighted by atomic mass is 10.1. The summed E-state index contributed by atoms with van der Waals surface area (Å²) in [6.07, 6.45) is 3.46. The van der Waals surface area contributed by atoms with Crippen LogP contribution in [0.25, 0.3) is 0 Å². The number of halogens is 2. The molecule has 1 aliphatic heterocycles. The van der Waals surface area contributed by atoms with Crippen LogP contribution < -0.4 is 5.32 Å². The Bertz CT molecular complexity index is 453. The Morgan fingerprint density at radius 1 is 1.20 bits per heavy atom. The molecule has 0 saturated carbocycles. The van der Waals surface area contributed by atoms with Crippen molar-refractivity contribution in [1.82, 2.24) is 10.2 Å². The fourth-order valence-electron chi connectivity index (χ4n) is 2.46. The highest BCUT2D eigenvalue weighted by Crippen LogP contribution is 2.19. The number of rotatable bonds is 4. The maximum absolute atomic E-state index is 12.3. The van der Waals surface area contributed by atoms with Crippen LogP contribution in [0.15, 0.2) is 18.2 Å². The van der Waals surface area contributed by atoms with E-state index >= 15 is 0 Å². The molecule has 0 spiro atoms. The van der Waals surface area contributed by atoms with Crippen molar-refractivity contribution in [3.8, 4) is 0 Å². The highest BCUT2D eigenvalue weighted by Gasteiger charge is 2.21. The first-order chi connectivity index (χ1) is 9.56. The molecular formula is C15H20Cl2N2O. The minimum atomic E-state index is -0.189. The molecule has 0 aromatic heterocycles. The van der Waals surface area contributed by atoms with Crippen molar-refractivity contribution >= 4 is 29.1 Å². The van der Waals surface area contributed by atoms with E-state index in [-0.39, 0.29) is 11.9 Å². The third kappa shape index (κ3) is 4.37. The summed E-state index contributed by atoms with van der Waals surface area (Å²) in [6, 6.07) is 5.23. The van der Waals surface area contributed by atoms with E-state index in [1.54, 1.807) is 6.07 Å². The summed E-state index contributed by atoms with van der Waals surface area (Å²) in [7, 11) is 0. The number of carbonyl (C=O) groups is 1. The summed E-state index contributed by atoms with van der Waals surface area (Å²) >= 11 is 11.9. The normalized spacial score (nSPS) is 17.1. The SMILES string of the molecule is CC(NCc1cc(Cl)cc(Cl)c1)C(=O)N1CCCCC1. The van der Waals surface area contributed by atoms with Gasteiger partial charge in [-0.15, -0.1) is 0 Å². The van der Waals surface area contributed by atoms with Crippen molar-refractivity contribution in [2.24, 2.45) is 0 Å². The number of likely N-dealkylation sites (tertiary alicyclic amines) is 1. The van der Waals surface area contributed by atoms with E-state index < -0.39 is 0 Å². The quantitative estimate of drug-likeness (QED) is 0.922. The van der Waals surface area contributed by atoms with Gasteiger partial charge < -0.3 is 10.2 Å². The van der Waals surface area contributed by atoms with Gasteiger partial charge in [0.1, 0.15) is 0 Å². The topological polar surface area (TPSA) is 32.3 Å². The van der Waals surface area contributed by atoms with Crippen LogP contribution in [0.5, 0.6) is 0 Å². The highest BCUT2D eigenvalue weighted by molar-refractivity contribution is 6.34. The van der Waals surface area contributed by atoms with E-state index in [1.165, 1.54) is 6.42 Å². The van der Waals surface area contributed by atoms with Crippen molar-refractivity contribution in [2.45, 2.75) is 38.8 Å². The smallest absolute Gasteiger partial charge is 0.239 e. The molecule has 1 aromatic rings. The molecule has 110 valence electrons. The fourth-order valence-corrected chi connectivity index (χ4v) is 3.03. The molecule has 1 saturated heterocycles. The Hall–Kier alpha value is -0.770. The standard InChI is InChI=1S/C15H20Cl2N2O/c1-11(15(20)19-5-3-2-4-6-19)18-10-12-7-13(16)9-14(17)8-12/h7-9,11,18H,2-6,10H2,1H3. The molecule has 0 bridgehead atoms. The number of hydrogen-bond donors (Lipinski definition) is 1. The van der Waals surface area contributed by atoms with E-state index in [9.17, 15) is 4.79 Å². The van der Waals surface area contributed by atoms with Crippen LogP contribution in [0.4, 0.5) is 0 Å². The number of hydrogen-bond acceptors (Lipinski definition) is 2. The third-order valence-electron chi connectivity index (χ3n) is 3.57. The van der Waals surface area contributed by atoms with Gasteiger partial charge in [0.15, 0.2) is 0 Å². The zero-order valence-electron chi connectivity index (χ0n) is 11.7. The van der Waals surface area contributed by atoms with Gasteiger partial charge in [0.05, 0.1) is 6.04 Å². The molecule has 5 heteroatoms. The highest BCUT2D eigenvalue weighted by atomic mass is 35.5. The number of nitrogens with zero attached hydrogens (tertiary/aromatic N) is 1. The monoisotopic (exact) mass is 314 g/mol. The van der Waals surface area contributed by atoms with Crippen LogP contribution in [0, 0.1) is 0 Å². The summed E-state index contributed by atoms with van der Waals surface area (Å²) in [6.45, 7) is 4.26. The summed E-state index contributed by atoms with van der Waals surface area (Å²) in [5, 5.41) is 4.47. The van der Waals surface area contributed by atoms with Gasteiger partial charge in [-0.1, -0.05) is 23.2 Å². The first-order valence-electron chi connectivity index (χ1n) is 7.03. The molecule has 1 aliphatic rings. The van der Waals surface area contributed by atoms with Gasteiger partial charge in [-0.3, -0.25) is 4.79 Å². The van der Waals surface area contributed by atoms with Crippen LogP contribution >= 0.6 is 23.2 Å². The zero-order chi connectivity index (χ0) is 14.5. The van der Waals surface area contributed by atoms with Gasteiger partial charge >= 0.3 is 0 Å². The second kappa shape index (κ2) is 7.30. The molecule has 20 heavy (non-hydrogen) atoms. The van der Waals surface area contributed by atoms with Gasteiger partial charge in [0, 0.05) is 29.7 Å². The number of nitrogens with one attached hydrogen (secondary N) is 1. The molecule has 1 unspecified atom stereocenters. The van der Waals surface area contributed by atoms with Crippen molar-refractivity contribution < 1.29 is 4.79 Å². The fraction of sp³-hybridized carbons (Fsp3) is 0.533. The summed E-state index contributed by atoms with van der Waals surface area (Å²) < 4.78 is 0. The van der Waals surface area contributed by atoms with E-state index in [0.717, 1.165) is 31.5 Å². The molecule has 1 atom stereocenters. The lowest BCUT2D eigenvalue weighted by molar-refractivity contribution is -0.133. The van der Waals surface area contributed by atoms with Crippen molar-refractivity contribution in [3.63, 3.8) is 0 Å². The van der Waals surface area contributed by atoms with Gasteiger partial charge in [-0.05, 0) is 49.9 Å². The number of benzene rings is 1. The minimum Gasteiger partial charge on any atom is -0.341 e. The second-order valence-electron chi connectivity index (χ2n) is 5.27. The number of carbonyl (C=O) groups excluding carboxylic acids is 1. The first-order valence-corrected chi connectivity index (χ1v) is 7.79. The lowest BCUT2D eigenvalue weighted by Gasteiger charge is -2.29. The van der Waals surface area contributed by atoms with Crippen LogP contribution in [0.1, 0.15) is 31.7 Å². The first kappa shape index (κ1) is 15.6. The van der Waals surface area contributed by atoms with E-state index in [1.807, 2.05) is 24.0 Å². The van der Waals surface area contributed by atoms with Crippen LogP contribution in [-0.4, -0.2) is 29.9 Å². The molecule has 1 amide bonds. The van der Waals surface area contributed by atoms with Gasteiger partial charge in [-0.2, -0.15) is 0 Å². The maximum Gasteiger partial charge on any atom is 0.239 e. The molecule has 2 rings (SSSR count). The largest absolute Gasteiger partial charge is 0.341 e. The van der Waals surface area contributed by atoms with E-state index in [4.69, 9.17) is 23.2 Å². The summed E-state index contributed by atoms with van der Waals surface area (Å²) in [5.74, 6) is 0.179. The second-order valence-corrected chi connectivity index (χ2v) is 6.14. The average Bonchev–Trinajstić information content (AvgIpc) is 2.44. The molecule has 1 aromatic carbocycles. The third-order valence-corrected chi connectivity index (χ3v) is 4.01. The van der Waals surface area contributed by atoms with Gasteiger partial charge in [0.2, 0.25) is 5.91 Å². The van der Waals surface area contributed by atoms with Crippen LogP contribution in [0.3, 0.4) is 0 Å². The minimum absolute atomic E-state index is 0.179. The molecule has 1 fully saturated rings. The molecule has 0 aliphatic carbocycles. The molecular weight excluding hydrogens is 295 g/mol. The van der Waals surface area contributed by atoms with Crippen molar-refractivity contribution in [1.29, 1.82) is 0 Å². The Balaban J connectivity index is 1.87.